The number of hydrogen-bond acceptors (Lipinski definition) is 3. The van der Waals surface area contributed by atoms with Crippen LogP contribution in [-0.2, 0) is 10.0 Å². The second-order valence-corrected chi connectivity index (χ2v) is 6.09. The molecule has 16 heavy (non-hydrogen) atoms. The third kappa shape index (κ3) is 2.61. The van der Waals surface area contributed by atoms with Crippen molar-refractivity contribution < 1.29 is 13.2 Å². The summed E-state index contributed by atoms with van der Waals surface area (Å²) in [5.74, 6) is 0. The summed E-state index contributed by atoms with van der Waals surface area (Å²) in [6.45, 7) is 1.71. The minimum Gasteiger partial charge on any atom is -0.276 e. The van der Waals surface area contributed by atoms with Crippen molar-refractivity contribution in [2.45, 2.75) is 11.8 Å². The predicted octanol–water partition coefficient (Wildman–Crippen LogP) is 1.62. The SMILES string of the molecule is Cc1cc(C(=O)Cl)cc(S(=O)(=O)N(C)C)c1. The van der Waals surface area contributed by atoms with E-state index in [1.54, 1.807) is 13.0 Å². The monoisotopic (exact) mass is 261 g/mol. The van der Waals surface area contributed by atoms with E-state index in [2.05, 4.69) is 0 Å². The van der Waals surface area contributed by atoms with E-state index in [-0.39, 0.29) is 10.5 Å². The van der Waals surface area contributed by atoms with Crippen LogP contribution in [0, 0.1) is 6.92 Å². The molecule has 0 aromatic heterocycles. The average Bonchev–Trinajstić information content (AvgIpc) is 2.16. The van der Waals surface area contributed by atoms with E-state index in [9.17, 15) is 13.2 Å². The number of benzene rings is 1. The molecule has 88 valence electrons. The van der Waals surface area contributed by atoms with Gasteiger partial charge in [-0.05, 0) is 42.3 Å². The summed E-state index contributed by atoms with van der Waals surface area (Å²) in [7, 11) is -0.672. The fraction of sp³-hybridized carbons (Fsp3) is 0.300. The molecule has 0 aliphatic heterocycles. The molecule has 0 bridgehead atoms. The summed E-state index contributed by atoms with van der Waals surface area (Å²) in [6.07, 6.45) is 0. The van der Waals surface area contributed by atoms with Gasteiger partial charge in [-0.2, -0.15) is 0 Å². The van der Waals surface area contributed by atoms with Crippen LogP contribution in [0.15, 0.2) is 23.1 Å². The van der Waals surface area contributed by atoms with Gasteiger partial charge in [-0.15, -0.1) is 0 Å². The van der Waals surface area contributed by atoms with E-state index >= 15 is 0 Å². The molecule has 0 atom stereocenters. The topological polar surface area (TPSA) is 54.5 Å². The van der Waals surface area contributed by atoms with Crippen LogP contribution in [0.2, 0.25) is 0 Å². The fourth-order valence-corrected chi connectivity index (χ4v) is 2.36. The van der Waals surface area contributed by atoms with Crippen LogP contribution in [0.4, 0.5) is 0 Å². The lowest BCUT2D eigenvalue weighted by Gasteiger charge is -2.12. The smallest absolute Gasteiger partial charge is 0.252 e. The number of sulfonamides is 1. The molecule has 0 aliphatic rings. The van der Waals surface area contributed by atoms with Gasteiger partial charge in [-0.1, -0.05) is 0 Å². The van der Waals surface area contributed by atoms with Crippen molar-refractivity contribution in [2.24, 2.45) is 0 Å². The van der Waals surface area contributed by atoms with Crippen LogP contribution in [0.25, 0.3) is 0 Å². The van der Waals surface area contributed by atoms with Crippen LogP contribution in [0.3, 0.4) is 0 Å². The zero-order chi connectivity index (χ0) is 12.5. The van der Waals surface area contributed by atoms with Crippen molar-refractivity contribution in [2.75, 3.05) is 14.1 Å². The molecule has 0 spiro atoms. The zero-order valence-electron chi connectivity index (χ0n) is 9.19. The maximum Gasteiger partial charge on any atom is 0.252 e. The van der Waals surface area contributed by atoms with Crippen molar-refractivity contribution >= 4 is 26.9 Å². The largest absolute Gasteiger partial charge is 0.276 e. The molecule has 4 nitrogen and oxygen atoms in total. The average molecular weight is 262 g/mol. The lowest BCUT2D eigenvalue weighted by molar-refractivity contribution is 0.108. The normalized spacial score (nSPS) is 11.8. The van der Waals surface area contributed by atoms with Crippen LogP contribution in [-0.4, -0.2) is 32.1 Å². The first-order chi connectivity index (χ1) is 7.25. The summed E-state index contributed by atoms with van der Waals surface area (Å²) in [5.41, 5.74) is 0.856. The Morgan fingerprint density at radius 1 is 1.25 bits per heavy atom. The first kappa shape index (κ1) is 13.2. The van der Waals surface area contributed by atoms with Crippen LogP contribution in [0.1, 0.15) is 15.9 Å². The molecule has 0 saturated heterocycles. The maximum absolute atomic E-state index is 11.8. The summed E-state index contributed by atoms with van der Waals surface area (Å²) >= 11 is 5.33. The number of halogens is 1. The molecular formula is C10H12ClNO3S. The first-order valence-electron chi connectivity index (χ1n) is 4.49. The molecule has 1 rings (SSSR count). The minimum atomic E-state index is -3.53. The van der Waals surface area contributed by atoms with E-state index in [4.69, 9.17) is 11.6 Å². The van der Waals surface area contributed by atoms with E-state index in [1.807, 2.05) is 0 Å². The Labute approximate surface area is 99.9 Å². The molecule has 0 radical (unpaired) electrons. The van der Waals surface area contributed by atoms with Gasteiger partial charge >= 0.3 is 0 Å². The van der Waals surface area contributed by atoms with Gasteiger partial charge in [0.15, 0.2) is 0 Å². The lowest BCUT2D eigenvalue weighted by atomic mass is 10.1. The number of carbonyl (C=O) groups is 1. The van der Waals surface area contributed by atoms with Gasteiger partial charge < -0.3 is 0 Å². The van der Waals surface area contributed by atoms with Gasteiger partial charge in [0, 0.05) is 19.7 Å². The summed E-state index contributed by atoms with van der Waals surface area (Å²) < 4.78 is 24.7. The second-order valence-electron chi connectivity index (χ2n) is 3.60. The molecule has 0 N–H and O–H groups in total. The number of aryl methyl sites for hydroxylation is 1. The highest BCUT2D eigenvalue weighted by molar-refractivity contribution is 7.89. The van der Waals surface area contributed by atoms with Crippen LogP contribution >= 0.6 is 11.6 Å². The van der Waals surface area contributed by atoms with E-state index in [1.165, 1.54) is 26.2 Å². The van der Waals surface area contributed by atoms with Gasteiger partial charge in [-0.25, -0.2) is 12.7 Å². The molecule has 0 fully saturated rings. The Kier molecular flexibility index (Phi) is 3.72. The Morgan fingerprint density at radius 3 is 2.25 bits per heavy atom. The number of nitrogens with zero attached hydrogens (tertiary/aromatic N) is 1. The minimum absolute atomic E-state index is 0.0708. The first-order valence-corrected chi connectivity index (χ1v) is 6.31. The van der Waals surface area contributed by atoms with Gasteiger partial charge in [0.25, 0.3) is 5.24 Å². The summed E-state index contributed by atoms with van der Waals surface area (Å²) in [5, 5.41) is -0.668. The Bertz CT molecular complexity index is 523. The van der Waals surface area contributed by atoms with Crippen molar-refractivity contribution in [1.82, 2.24) is 4.31 Å². The van der Waals surface area contributed by atoms with Crippen molar-refractivity contribution in [1.29, 1.82) is 0 Å². The molecule has 1 aromatic carbocycles. The summed E-state index contributed by atoms with van der Waals surface area (Å²) in [6, 6.07) is 4.32. The third-order valence-corrected chi connectivity index (χ3v) is 4.07. The molecule has 0 unspecified atom stereocenters. The number of rotatable bonds is 3. The number of hydrogen-bond donors (Lipinski definition) is 0. The molecular weight excluding hydrogens is 250 g/mol. The maximum atomic E-state index is 11.8. The Balaban J connectivity index is 3.42. The molecule has 0 amide bonds. The molecule has 0 saturated carbocycles. The van der Waals surface area contributed by atoms with Gasteiger partial charge in [0.1, 0.15) is 0 Å². The molecule has 0 aliphatic carbocycles. The predicted molar refractivity (Wildman–Crippen MR) is 62.2 cm³/mol. The van der Waals surface area contributed by atoms with E-state index in [0.717, 1.165) is 4.31 Å². The van der Waals surface area contributed by atoms with Gasteiger partial charge in [-0.3, -0.25) is 4.79 Å². The molecule has 0 heterocycles. The Hall–Kier alpha value is -0.910. The van der Waals surface area contributed by atoms with Crippen molar-refractivity contribution in [3.05, 3.63) is 29.3 Å². The standard InChI is InChI=1S/C10H12ClNO3S/c1-7-4-8(10(11)13)6-9(5-7)16(14,15)12(2)3/h4-6H,1-3H3. The zero-order valence-corrected chi connectivity index (χ0v) is 10.8. The van der Waals surface area contributed by atoms with Crippen molar-refractivity contribution in [3.8, 4) is 0 Å². The highest BCUT2D eigenvalue weighted by Gasteiger charge is 2.19. The van der Waals surface area contributed by atoms with E-state index in [0.29, 0.717) is 5.56 Å². The highest BCUT2D eigenvalue weighted by Crippen LogP contribution is 2.18. The summed E-state index contributed by atoms with van der Waals surface area (Å²) in [4.78, 5) is 11.1. The lowest BCUT2D eigenvalue weighted by Crippen LogP contribution is -2.22. The van der Waals surface area contributed by atoms with Gasteiger partial charge in [0.05, 0.1) is 4.90 Å². The van der Waals surface area contributed by atoms with Crippen LogP contribution in [0.5, 0.6) is 0 Å². The second kappa shape index (κ2) is 4.53. The molecule has 6 heteroatoms. The van der Waals surface area contributed by atoms with E-state index < -0.39 is 15.3 Å². The van der Waals surface area contributed by atoms with Gasteiger partial charge in [0.2, 0.25) is 10.0 Å². The quantitative estimate of drug-likeness (QED) is 0.777. The third-order valence-electron chi connectivity index (χ3n) is 2.06. The highest BCUT2D eigenvalue weighted by atomic mass is 35.5. The van der Waals surface area contributed by atoms with Crippen molar-refractivity contribution in [3.63, 3.8) is 0 Å². The Morgan fingerprint density at radius 2 is 1.81 bits per heavy atom. The fourth-order valence-electron chi connectivity index (χ4n) is 1.22. The molecule has 1 aromatic rings. The van der Waals surface area contributed by atoms with Crippen LogP contribution < -0.4 is 0 Å². The number of carbonyl (C=O) groups excluding carboxylic acids is 1.